The molecular formula is C26H19F2N3O2S. The number of carbonyl (C=O) groups is 1. The SMILES string of the molecule is O=C(NCc1ccc(-c2ccc3c(c2)C=NC3)s1)c1cccn(Cc2ccc(F)c(F)c2)c1=O. The van der Waals surface area contributed by atoms with Crippen LogP contribution in [0.25, 0.3) is 10.4 Å². The number of benzene rings is 2. The summed E-state index contributed by atoms with van der Waals surface area (Å²) in [5.41, 5.74) is 3.34. The first-order chi connectivity index (χ1) is 16.5. The van der Waals surface area contributed by atoms with Gasteiger partial charge < -0.3 is 9.88 Å². The molecule has 1 aliphatic rings. The minimum Gasteiger partial charge on any atom is -0.347 e. The lowest BCUT2D eigenvalue weighted by molar-refractivity contribution is 0.0949. The number of amides is 1. The third-order valence-corrected chi connectivity index (χ3v) is 6.74. The summed E-state index contributed by atoms with van der Waals surface area (Å²) in [6.07, 6.45) is 3.39. The largest absolute Gasteiger partial charge is 0.347 e. The lowest BCUT2D eigenvalue weighted by Gasteiger charge is -2.09. The normalized spacial score (nSPS) is 12.1. The summed E-state index contributed by atoms with van der Waals surface area (Å²) in [5.74, 6) is -2.43. The minimum absolute atomic E-state index is 0.0141. The van der Waals surface area contributed by atoms with Crippen LogP contribution < -0.4 is 10.9 Å². The van der Waals surface area contributed by atoms with E-state index in [-0.39, 0.29) is 18.7 Å². The first-order valence-corrected chi connectivity index (χ1v) is 11.4. The van der Waals surface area contributed by atoms with Crippen molar-refractivity contribution in [2.24, 2.45) is 4.99 Å². The Labute approximate surface area is 198 Å². The zero-order chi connectivity index (χ0) is 23.7. The summed E-state index contributed by atoms with van der Waals surface area (Å²) in [6, 6.07) is 16.7. The molecule has 8 heteroatoms. The van der Waals surface area contributed by atoms with E-state index in [1.54, 1.807) is 17.4 Å². The number of aromatic nitrogens is 1. The van der Waals surface area contributed by atoms with E-state index in [0.717, 1.165) is 39.6 Å². The predicted molar refractivity (Wildman–Crippen MR) is 128 cm³/mol. The van der Waals surface area contributed by atoms with Crippen LogP contribution in [0.2, 0.25) is 0 Å². The van der Waals surface area contributed by atoms with Crippen LogP contribution in [0.1, 0.15) is 31.9 Å². The van der Waals surface area contributed by atoms with Crippen molar-refractivity contribution in [3.8, 4) is 10.4 Å². The highest BCUT2D eigenvalue weighted by Gasteiger charge is 2.14. The second-order valence-corrected chi connectivity index (χ2v) is 9.10. The first kappa shape index (κ1) is 21.9. The molecule has 0 saturated heterocycles. The number of hydrogen-bond acceptors (Lipinski definition) is 4. The Morgan fingerprint density at radius 2 is 1.94 bits per heavy atom. The third-order valence-electron chi connectivity index (χ3n) is 5.61. The molecule has 1 aliphatic heterocycles. The van der Waals surface area contributed by atoms with Crippen molar-refractivity contribution in [2.45, 2.75) is 19.6 Å². The molecule has 5 rings (SSSR count). The van der Waals surface area contributed by atoms with Gasteiger partial charge in [0.05, 0.1) is 19.6 Å². The fourth-order valence-electron chi connectivity index (χ4n) is 3.81. The molecule has 0 atom stereocenters. The van der Waals surface area contributed by atoms with Crippen molar-refractivity contribution in [2.75, 3.05) is 0 Å². The number of nitrogens with one attached hydrogen (secondary N) is 1. The zero-order valence-corrected chi connectivity index (χ0v) is 18.7. The van der Waals surface area contributed by atoms with Crippen molar-refractivity contribution < 1.29 is 13.6 Å². The molecule has 2 aromatic carbocycles. The van der Waals surface area contributed by atoms with Gasteiger partial charge in [-0.05, 0) is 64.7 Å². The van der Waals surface area contributed by atoms with Crippen LogP contribution in [0.3, 0.4) is 0 Å². The average molecular weight is 476 g/mol. The molecule has 0 radical (unpaired) electrons. The van der Waals surface area contributed by atoms with Crippen molar-refractivity contribution in [1.82, 2.24) is 9.88 Å². The van der Waals surface area contributed by atoms with Crippen LogP contribution in [-0.2, 0) is 19.6 Å². The summed E-state index contributed by atoms with van der Waals surface area (Å²) in [6.45, 7) is 1.03. The summed E-state index contributed by atoms with van der Waals surface area (Å²) in [7, 11) is 0. The molecule has 2 aromatic heterocycles. The number of nitrogens with zero attached hydrogens (tertiary/aromatic N) is 2. The lowest BCUT2D eigenvalue weighted by atomic mass is 10.1. The molecule has 0 bridgehead atoms. The fraction of sp³-hybridized carbons (Fsp3) is 0.115. The Kier molecular flexibility index (Phi) is 5.90. The van der Waals surface area contributed by atoms with Gasteiger partial charge in [-0.15, -0.1) is 11.3 Å². The molecule has 0 fully saturated rings. The Morgan fingerprint density at radius 3 is 2.79 bits per heavy atom. The second-order valence-electron chi connectivity index (χ2n) is 7.94. The van der Waals surface area contributed by atoms with Gasteiger partial charge in [-0.25, -0.2) is 8.78 Å². The van der Waals surface area contributed by atoms with Gasteiger partial charge >= 0.3 is 0 Å². The number of pyridine rings is 1. The molecule has 0 spiro atoms. The van der Waals surface area contributed by atoms with Crippen LogP contribution in [0, 0.1) is 11.6 Å². The van der Waals surface area contributed by atoms with Crippen LogP contribution in [0.5, 0.6) is 0 Å². The second kappa shape index (κ2) is 9.15. The van der Waals surface area contributed by atoms with Gasteiger partial charge in [0.15, 0.2) is 11.6 Å². The summed E-state index contributed by atoms with van der Waals surface area (Å²) < 4.78 is 27.9. The van der Waals surface area contributed by atoms with E-state index >= 15 is 0 Å². The predicted octanol–water partition coefficient (Wildman–Crippen LogP) is 4.77. The summed E-state index contributed by atoms with van der Waals surface area (Å²) in [4.78, 5) is 31.8. The smallest absolute Gasteiger partial charge is 0.263 e. The first-order valence-electron chi connectivity index (χ1n) is 10.6. The van der Waals surface area contributed by atoms with Gasteiger partial charge in [0.2, 0.25) is 0 Å². The number of carbonyl (C=O) groups excluding carboxylic acids is 1. The van der Waals surface area contributed by atoms with E-state index in [0.29, 0.717) is 5.56 Å². The molecule has 1 amide bonds. The quantitative estimate of drug-likeness (QED) is 0.437. The molecule has 0 saturated carbocycles. The number of halogens is 2. The highest BCUT2D eigenvalue weighted by molar-refractivity contribution is 7.15. The molecule has 0 unspecified atom stereocenters. The number of thiophene rings is 1. The molecule has 1 N–H and O–H groups in total. The molecular weight excluding hydrogens is 456 g/mol. The zero-order valence-electron chi connectivity index (χ0n) is 17.9. The maximum atomic E-state index is 13.5. The van der Waals surface area contributed by atoms with E-state index in [4.69, 9.17) is 0 Å². The highest BCUT2D eigenvalue weighted by Crippen LogP contribution is 2.30. The Morgan fingerprint density at radius 1 is 1.06 bits per heavy atom. The number of aliphatic imine (C=N–C) groups is 1. The number of hydrogen-bond donors (Lipinski definition) is 1. The number of fused-ring (bicyclic) bond motifs is 1. The van der Waals surface area contributed by atoms with E-state index < -0.39 is 23.1 Å². The van der Waals surface area contributed by atoms with Crippen molar-refractivity contribution in [1.29, 1.82) is 0 Å². The van der Waals surface area contributed by atoms with Gasteiger partial charge in [-0.2, -0.15) is 0 Å². The minimum atomic E-state index is -0.984. The lowest BCUT2D eigenvalue weighted by Crippen LogP contribution is -2.32. The maximum absolute atomic E-state index is 13.5. The summed E-state index contributed by atoms with van der Waals surface area (Å²) in [5, 5.41) is 2.80. The molecule has 170 valence electrons. The Bertz CT molecular complexity index is 1490. The van der Waals surface area contributed by atoms with Crippen LogP contribution in [-0.4, -0.2) is 16.7 Å². The molecule has 5 nitrogen and oxygen atoms in total. The maximum Gasteiger partial charge on any atom is 0.263 e. The third kappa shape index (κ3) is 4.45. The van der Waals surface area contributed by atoms with Gasteiger partial charge in [0.25, 0.3) is 11.5 Å². The molecule has 0 aliphatic carbocycles. The van der Waals surface area contributed by atoms with E-state index in [1.165, 1.54) is 28.5 Å². The summed E-state index contributed by atoms with van der Waals surface area (Å²) >= 11 is 1.57. The van der Waals surface area contributed by atoms with E-state index in [9.17, 15) is 18.4 Å². The van der Waals surface area contributed by atoms with Gasteiger partial charge in [0, 0.05) is 22.2 Å². The van der Waals surface area contributed by atoms with Crippen molar-refractivity contribution in [3.63, 3.8) is 0 Å². The topological polar surface area (TPSA) is 63.5 Å². The van der Waals surface area contributed by atoms with Gasteiger partial charge in [0.1, 0.15) is 5.56 Å². The van der Waals surface area contributed by atoms with Gasteiger partial charge in [-0.3, -0.25) is 14.6 Å². The Hall–Kier alpha value is -3.91. The monoisotopic (exact) mass is 475 g/mol. The molecule has 34 heavy (non-hydrogen) atoms. The van der Waals surface area contributed by atoms with Crippen LogP contribution in [0.4, 0.5) is 8.78 Å². The van der Waals surface area contributed by atoms with Crippen molar-refractivity contribution in [3.05, 3.63) is 116 Å². The van der Waals surface area contributed by atoms with Crippen molar-refractivity contribution >= 4 is 23.5 Å². The van der Waals surface area contributed by atoms with E-state index in [1.807, 2.05) is 18.3 Å². The standard InChI is InChI=1S/C26H19F2N3O2S/c27-22-7-3-16(10-23(22)28)15-31-9-1-2-21(26(31)33)25(32)30-14-20-6-8-24(34-20)17-4-5-18-12-29-13-19(18)11-17/h1-11,13H,12,14-15H2,(H,30,32). The number of rotatable bonds is 6. The van der Waals surface area contributed by atoms with Gasteiger partial charge in [-0.1, -0.05) is 18.2 Å². The van der Waals surface area contributed by atoms with Crippen LogP contribution >= 0.6 is 11.3 Å². The highest BCUT2D eigenvalue weighted by atomic mass is 32.1. The fourth-order valence-corrected chi connectivity index (χ4v) is 4.76. The Balaban J connectivity index is 1.27. The average Bonchev–Trinajstić information content (AvgIpc) is 3.50. The molecule has 3 heterocycles. The van der Waals surface area contributed by atoms with E-state index in [2.05, 4.69) is 28.5 Å². The van der Waals surface area contributed by atoms with Crippen LogP contribution in [0.15, 0.2) is 76.6 Å². The molecule has 4 aromatic rings.